The minimum Gasteiger partial charge on any atom is -0.310 e. The highest BCUT2D eigenvalue weighted by molar-refractivity contribution is 6.42. The van der Waals surface area contributed by atoms with Crippen molar-refractivity contribution < 1.29 is 0 Å². The van der Waals surface area contributed by atoms with Gasteiger partial charge >= 0.3 is 0 Å². The first-order chi connectivity index (χ1) is 9.95. The van der Waals surface area contributed by atoms with E-state index in [-0.39, 0.29) is 6.04 Å². The van der Waals surface area contributed by atoms with Gasteiger partial charge in [0.2, 0.25) is 0 Å². The average Bonchev–Trinajstić information content (AvgIpc) is 2.42. The molecule has 0 fully saturated rings. The summed E-state index contributed by atoms with van der Waals surface area (Å²) in [6, 6.07) is 6.15. The van der Waals surface area contributed by atoms with E-state index in [2.05, 4.69) is 44.1 Å². The summed E-state index contributed by atoms with van der Waals surface area (Å²) in [5, 5.41) is 4.90. The van der Waals surface area contributed by atoms with Gasteiger partial charge in [0.1, 0.15) is 0 Å². The molecule has 1 atom stereocenters. The Kier molecular flexibility index (Phi) is 8.65. The van der Waals surface area contributed by atoms with E-state index >= 15 is 0 Å². The SMILES string of the molecule is CCCNC(CCN(C)CC(C)C)c1cccc(Cl)c1Cl. The zero-order chi connectivity index (χ0) is 15.8. The summed E-state index contributed by atoms with van der Waals surface area (Å²) >= 11 is 12.5. The highest BCUT2D eigenvalue weighted by Crippen LogP contribution is 2.31. The van der Waals surface area contributed by atoms with Crippen molar-refractivity contribution in [1.82, 2.24) is 10.2 Å². The summed E-state index contributed by atoms with van der Waals surface area (Å²) < 4.78 is 0. The molecule has 1 aromatic carbocycles. The molecule has 1 rings (SSSR count). The molecule has 0 aliphatic heterocycles. The van der Waals surface area contributed by atoms with Gasteiger partial charge in [0, 0.05) is 12.6 Å². The van der Waals surface area contributed by atoms with E-state index < -0.39 is 0 Å². The number of nitrogens with one attached hydrogen (secondary N) is 1. The first kappa shape index (κ1) is 18.8. The lowest BCUT2D eigenvalue weighted by Gasteiger charge is -2.25. The maximum Gasteiger partial charge on any atom is 0.0640 e. The average molecular weight is 331 g/mol. The maximum atomic E-state index is 6.38. The molecule has 0 aliphatic carbocycles. The molecule has 0 aliphatic rings. The van der Waals surface area contributed by atoms with Gasteiger partial charge in [-0.3, -0.25) is 0 Å². The molecular weight excluding hydrogens is 303 g/mol. The van der Waals surface area contributed by atoms with Gasteiger partial charge in [-0.2, -0.15) is 0 Å². The molecule has 0 saturated carbocycles. The van der Waals surface area contributed by atoms with Crippen molar-refractivity contribution in [1.29, 1.82) is 0 Å². The predicted molar refractivity (Wildman–Crippen MR) is 94.4 cm³/mol. The zero-order valence-corrected chi connectivity index (χ0v) is 15.1. The third kappa shape index (κ3) is 6.56. The Bertz CT molecular complexity index is 421. The van der Waals surface area contributed by atoms with Crippen molar-refractivity contribution >= 4 is 23.2 Å². The number of halogens is 2. The molecule has 0 amide bonds. The number of rotatable bonds is 9. The maximum absolute atomic E-state index is 6.38. The largest absolute Gasteiger partial charge is 0.310 e. The Labute approximate surface area is 139 Å². The molecule has 0 spiro atoms. The fourth-order valence-electron chi connectivity index (χ4n) is 2.54. The van der Waals surface area contributed by atoms with Crippen molar-refractivity contribution in [2.24, 2.45) is 5.92 Å². The van der Waals surface area contributed by atoms with Gasteiger partial charge in [0.15, 0.2) is 0 Å². The summed E-state index contributed by atoms with van der Waals surface area (Å²) in [6.07, 6.45) is 2.14. The lowest BCUT2D eigenvalue weighted by molar-refractivity contribution is 0.276. The lowest BCUT2D eigenvalue weighted by atomic mass is 10.0. The highest BCUT2D eigenvalue weighted by atomic mass is 35.5. The van der Waals surface area contributed by atoms with Crippen molar-refractivity contribution in [2.45, 2.75) is 39.7 Å². The van der Waals surface area contributed by atoms with Crippen LogP contribution in [0, 0.1) is 5.92 Å². The second-order valence-corrected chi connectivity index (χ2v) is 6.88. The summed E-state index contributed by atoms with van der Waals surface area (Å²) in [4.78, 5) is 2.38. The second kappa shape index (κ2) is 9.68. The normalized spacial score (nSPS) is 13.1. The van der Waals surface area contributed by atoms with Crippen LogP contribution < -0.4 is 5.32 Å². The third-order valence-corrected chi connectivity index (χ3v) is 4.31. The van der Waals surface area contributed by atoms with E-state index in [1.165, 1.54) is 0 Å². The van der Waals surface area contributed by atoms with Crippen molar-refractivity contribution in [2.75, 3.05) is 26.7 Å². The van der Waals surface area contributed by atoms with Crippen LogP contribution in [0.5, 0.6) is 0 Å². The molecule has 0 heterocycles. The quantitative estimate of drug-likeness (QED) is 0.684. The Balaban J connectivity index is 2.73. The molecular formula is C17H28Cl2N2. The number of benzene rings is 1. The monoisotopic (exact) mass is 330 g/mol. The van der Waals surface area contributed by atoms with Crippen LogP contribution in [-0.4, -0.2) is 31.6 Å². The molecule has 1 N–H and O–H groups in total. The lowest BCUT2D eigenvalue weighted by Crippen LogP contribution is -2.30. The van der Waals surface area contributed by atoms with E-state index in [9.17, 15) is 0 Å². The minimum atomic E-state index is 0.255. The summed E-state index contributed by atoms with van der Waals surface area (Å²) in [5.74, 6) is 0.687. The summed E-state index contributed by atoms with van der Waals surface area (Å²) in [7, 11) is 2.18. The van der Waals surface area contributed by atoms with Gasteiger partial charge in [-0.15, -0.1) is 0 Å². The van der Waals surface area contributed by atoms with Crippen LogP contribution in [0.1, 0.15) is 45.2 Å². The Morgan fingerprint density at radius 1 is 1.24 bits per heavy atom. The standard InChI is InChI=1S/C17H28Cl2N2/c1-5-10-20-16(9-11-21(4)12-13(2)3)14-7-6-8-15(18)17(14)19/h6-8,13,16,20H,5,9-12H2,1-4H3. The van der Waals surface area contributed by atoms with E-state index in [4.69, 9.17) is 23.2 Å². The fraction of sp³-hybridized carbons (Fsp3) is 0.647. The molecule has 0 radical (unpaired) electrons. The number of hydrogen-bond acceptors (Lipinski definition) is 2. The summed E-state index contributed by atoms with van der Waals surface area (Å²) in [5.41, 5.74) is 1.11. The van der Waals surface area contributed by atoms with Gasteiger partial charge < -0.3 is 10.2 Å². The van der Waals surface area contributed by atoms with Crippen LogP contribution in [0.4, 0.5) is 0 Å². The van der Waals surface area contributed by atoms with Gasteiger partial charge in [-0.25, -0.2) is 0 Å². The molecule has 1 aromatic rings. The Morgan fingerprint density at radius 3 is 2.57 bits per heavy atom. The molecule has 0 aromatic heterocycles. The second-order valence-electron chi connectivity index (χ2n) is 6.09. The third-order valence-electron chi connectivity index (χ3n) is 3.47. The molecule has 4 heteroatoms. The van der Waals surface area contributed by atoms with Gasteiger partial charge in [0.05, 0.1) is 10.0 Å². The Morgan fingerprint density at radius 2 is 1.95 bits per heavy atom. The van der Waals surface area contributed by atoms with Crippen molar-refractivity contribution in [3.8, 4) is 0 Å². The summed E-state index contributed by atoms with van der Waals surface area (Å²) in [6.45, 7) is 9.82. The smallest absolute Gasteiger partial charge is 0.0640 e. The molecule has 120 valence electrons. The van der Waals surface area contributed by atoms with Gasteiger partial charge in [0.25, 0.3) is 0 Å². The van der Waals surface area contributed by atoms with Crippen molar-refractivity contribution in [3.05, 3.63) is 33.8 Å². The first-order valence-electron chi connectivity index (χ1n) is 7.81. The molecule has 21 heavy (non-hydrogen) atoms. The van der Waals surface area contributed by atoms with E-state index in [1.807, 2.05) is 12.1 Å². The zero-order valence-electron chi connectivity index (χ0n) is 13.6. The highest BCUT2D eigenvalue weighted by Gasteiger charge is 2.16. The van der Waals surface area contributed by atoms with Crippen LogP contribution in [0.3, 0.4) is 0 Å². The number of hydrogen-bond donors (Lipinski definition) is 1. The first-order valence-corrected chi connectivity index (χ1v) is 8.57. The molecule has 0 saturated heterocycles. The number of nitrogens with zero attached hydrogens (tertiary/aromatic N) is 1. The Hall–Kier alpha value is -0.280. The van der Waals surface area contributed by atoms with Crippen molar-refractivity contribution in [3.63, 3.8) is 0 Å². The molecule has 2 nitrogen and oxygen atoms in total. The van der Waals surface area contributed by atoms with E-state index in [0.717, 1.165) is 38.0 Å². The van der Waals surface area contributed by atoms with E-state index in [0.29, 0.717) is 16.0 Å². The fourth-order valence-corrected chi connectivity index (χ4v) is 2.98. The predicted octanol–water partition coefficient (Wildman–Crippen LogP) is 5.01. The van der Waals surface area contributed by atoms with Crippen LogP contribution in [0.15, 0.2) is 18.2 Å². The van der Waals surface area contributed by atoms with E-state index in [1.54, 1.807) is 0 Å². The minimum absolute atomic E-state index is 0.255. The van der Waals surface area contributed by atoms with Crippen LogP contribution >= 0.6 is 23.2 Å². The van der Waals surface area contributed by atoms with Gasteiger partial charge in [-0.1, -0.05) is 56.1 Å². The van der Waals surface area contributed by atoms with Crippen LogP contribution in [-0.2, 0) is 0 Å². The topological polar surface area (TPSA) is 15.3 Å². The molecule has 0 bridgehead atoms. The van der Waals surface area contributed by atoms with Gasteiger partial charge in [-0.05, 0) is 50.5 Å². The molecule has 1 unspecified atom stereocenters. The van der Waals surface area contributed by atoms with Crippen LogP contribution in [0.2, 0.25) is 10.0 Å². The van der Waals surface area contributed by atoms with Crippen LogP contribution in [0.25, 0.3) is 0 Å².